The molecule has 122 valence electrons. The highest BCUT2D eigenvalue weighted by Gasteiger charge is 2.27. The zero-order valence-electron chi connectivity index (χ0n) is 14.2. The maximum absolute atomic E-state index is 5.67. The molecule has 0 heterocycles. The Balaban J connectivity index is 3.69. The molecule has 0 bridgehead atoms. The summed E-state index contributed by atoms with van der Waals surface area (Å²) in [7, 11) is 1.68. The molecule has 1 N–H and O–H groups in total. The Morgan fingerprint density at radius 1 is 1.00 bits per heavy atom. The summed E-state index contributed by atoms with van der Waals surface area (Å²) in [6, 6.07) is 0. The minimum Gasteiger partial charge on any atom is -0.382 e. The molecule has 0 fully saturated rings. The van der Waals surface area contributed by atoms with Gasteiger partial charge in [0.05, 0.1) is 26.4 Å². The molecule has 0 aliphatic rings. The van der Waals surface area contributed by atoms with Crippen molar-refractivity contribution in [2.24, 2.45) is 11.3 Å². The first-order chi connectivity index (χ1) is 9.56. The molecule has 0 aliphatic heterocycles. The highest BCUT2D eigenvalue weighted by molar-refractivity contribution is 4.80. The highest BCUT2D eigenvalue weighted by Crippen LogP contribution is 2.30. The quantitative estimate of drug-likeness (QED) is 0.499. The molecule has 0 aromatic heterocycles. The monoisotopic (exact) mass is 289 g/mol. The van der Waals surface area contributed by atoms with Crippen molar-refractivity contribution in [2.45, 2.75) is 40.5 Å². The van der Waals surface area contributed by atoms with Gasteiger partial charge in [0.25, 0.3) is 0 Å². The smallest absolute Gasteiger partial charge is 0.0701 e. The normalized spacial score (nSPS) is 14.7. The van der Waals surface area contributed by atoms with Crippen molar-refractivity contribution in [1.29, 1.82) is 0 Å². The van der Waals surface area contributed by atoms with Crippen LogP contribution in [0.5, 0.6) is 0 Å². The molecule has 0 spiro atoms. The summed E-state index contributed by atoms with van der Waals surface area (Å²) in [6.45, 7) is 14.7. The van der Waals surface area contributed by atoms with Crippen LogP contribution in [0.1, 0.15) is 40.5 Å². The van der Waals surface area contributed by atoms with Gasteiger partial charge in [-0.3, -0.25) is 0 Å². The van der Waals surface area contributed by atoms with Gasteiger partial charge in [0.15, 0.2) is 0 Å². The summed E-state index contributed by atoms with van der Waals surface area (Å²) >= 11 is 0. The fourth-order valence-corrected chi connectivity index (χ4v) is 1.90. The molecule has 0 amide bonds. The highest BCUT2D eigenvalue weighted by atomic mass is 16.5. The lowest BCUT2D eigenvalue weighted by Crippen LogP contribution is -2.37. The Morgan fingerprint density at radius 2 is 1.60 bits per heavy atom. The van der Waals surface area contributed by atoms with E-state index in [2.05, 4.69) is 33.0 Å². The molecule has 0 saturated heterocycles. The Bertz CT molecular complexity index is 212. The molecule has 4 heteroatoms. The lowest BCUT2D eigenvalue weighted by atomic mass is 9.76. The van der Waals surface area contributed by atoms with E-state index in [0.717, 1.165) is 26.1 Å². The predicted octanol–water partition coefficient (Wildman–Crippen LogP) is 2.72. The fraction of sp³-hybridized carbons (Fsp3) is 1.00. The van der Waals surface area contributed by atoms with E-state index in [9.17, 15) is 0 Å². The minimum atomic E-state index is 0.298. The molecule has 0 radical (unpaired) electrons. The second-order valence-corrected chi connectivity index (χ2v) is 5.95. The second kappa shape index (κ2) is 12.6. The largest absolute Gasteiger partial charge is 0.382 e. The van der Waals surface area contributed by atoms with Gasteiger partial charge in [0.1, 0.15) is 0 Å². The van der Waals surface area contributed by atoms with Crippen LogP contribution in [0.3, 0.4) is 0 Å². The van der Waals surface area contributed by atoms with Crippen molar-refractivity contribution in [3.63, 3.8) is 0 Å². The zero-order chi connectivity index (χ0) is 15.3. The van der Waals surface area contributed by atoms with Crippen LogP contribution in [0.4, 0.5) is 0 Å². The van der Waals surface area contributed by atoms with E-state index in [1.54, 1.807) is 7.11 Å². The molecule has 0 aromatic carbocycles. The lowest BCUT2D eigenvalue weighted by Gasteiger charge is -2.34. The SMILES string of the molecule is CCCNCC(C)(CCOCCOCCOC)C(C)C. The van der Waals surface area contributed by atoms with Gasteiger partial charge in [-0.15, -0.1) is 0 Å². The number of hydrogen-bond acceptors (Lipinski definition) is 4. The van der Waals surface area contributed by atoms with Gasteiger partial charge >= 0.3 is 0 Å². The first-order valence-corrected chi connectivity index (χ1v) is 7.92. The molecule has 0 rings (SSSR count). The summed E-state index contributed by atoms with van der Waals surface area (Å²) in [5.41, 5.74) is 0.298. The molecule has 0 aromatic rings. The number of methoxy groups -OCH3 is 1. The summed E-state index contributed by atoms with van der Waals surface area (Å²) in [6.07, 6.45) is 2.27. The van der Waals surface area contributed by atoms with Crippen LogP contribution in [-0.4, -0.2) is 53.2 Å². The molecule has 20 heavy (non-hydrogen) atoms. The minimum absolute atomic E-state index is 0.298. The average Bonchev–Trinajstić information content (AvgIpc) is 2.42. The van der Waals surface area contributed by atoms with E-state index in [4.69, 9.17) is 14.2 Å². The third-order valence-corrected chi connectivity index (χ3v) is 3.97. The van der Waals surface area contributed by atoms with Gasteiger partial charge in [0.2, 0.25) is 0 Å². The van der Waals surface area contributed by atoms with Crippen LogP contribution in [-0.2, 0) is 14.2 Å². The molecule has 4 nitrogen and oxygen atoms in total. The Morgan fingerprint density at radius 3 is 2.15 bits per heavy atom. The van der Waals surface area contributed by atoms with Gasteiger partial charge in [-0.1, -0.05) is 27.7 Å². The average molecular weight is 289 g/mol. The molecule has 0 saturated carbocycles. The van der Waals surface area contributed by atoms with Crippen LogP contribution in [0.15, 0.2) is 0 Å². The maximum atomic E-state index is 5.67. The van der Waals surface area contributed by atoms with Crippen LogP contribution in [0.25, 0.3) is 0 Å². The first-order valence-electron chi connectivity index (χ1n) is 7.92. The van der Waals surface area contributed by atoms with Crippen LogP contribution < -0.4 is 5.32 Å². The van der Waals surface area contributed by atoms with Crippen molar-refractivity contribution in [2.75, 3.05) is 53.2 Å². The third-order valence-electron chi connectivity index (χ3n) is 3.97. The lowest BCUT2D eigenvalue weighted by molar-refractivity contribution is 0.0137. The summed E-state index contributed by atoms with van der Waals surface area (Å²) < 4.78 is 16.0. The Hall–Kier alpha value is -0.160. The number of ether oxygens (including phenoxy) is 3. The van der Waals surface area contributed by atoms with E-state index in [0.29, 0.717) is 37.8 Å². The number of hydrogen-bond donors (Lipinski definition) is 1. The second-order valence-electron chi connectivity index (χ2n) is 5.95. The van der Waals surface area contributed by atoms with Gasteiger partial charge in [-0.05, 0) is 30.7 Å². The molecule has 0 aliphatic carbocycles. The summed E-state index contributed by atoms with van der Waals surface area (Å²) in [5.74, 6) is 0.647. The first kappa shape index (κ1) is 19.8. The Labute approximate surface area is 125 Å². The van der Waals surface area contributed by atoms with Gasteiger partial charge in [-0.25, -0.2) is 0 Å². The number of rotatable bonds is 14. The van der Waals surface area contributed by atoms with Crippen molar-refractivity contribution in [3.05, 3.63) is 0 Å². The van der Waals surface area contributed by atoms with Crippen molar-refractivity contribution >= 4 is 0 Å². The van der Waals surface area contributed by atoms with E-state index < -0.39 is 0 Å². The standard InChI is InChI=1S/C16H35NO3/c1-6-8-17-14-16(4,15(2)3)7-9-19-12-13-20-11-10-18-5/h15,17H,6-14H2,1-5H3. The maximum Gasteiger partial charge on any atom is 0.0701 e. The van der Waals surface area contributed by atoms with Gasteiger partial charge in [0, 0.05) is 20.3 Å². The topological polar surface area (TPSA) is 39.7 Å². The van der Waals surface area contributed by atoms with E-state index in [1.165, 1.54) is 6.42 Å². The summed E-state index contributed by atoms with van der Waals surface area (Å²) in [5, 5.41) is 3.54. The Kier molecular flexibility index (Phi) is 12.5. The number of nitrogens with one attached hydrogen (secondary N) is 1. The third kappa shape index (κ3) is 9.70. The van der Waals surface area contributed by atoms with E-state index in [-0.39, 0.29) is 0 Å². The van der Waals surface area contributed by atoms with Crippen LogP contribution in [0.2, 0.25) is 0 Å². The van der Waals surface area contributed by atoms with Crippen LogP contribution >= 0.6 is 0 Å². The van der Waals surface area contributed by atoms with Crippen molar-refractivity contribution < 1.29 is 14.2 Å². The van der Waals surface area contributed by atoms with Gasteiger partial charge in [-0.2, -0.15) is 0 Å². The zero-order valence-corrected chi connectivity index (χ0v) is 14.2. The van der Waals surface area contributed by atoms with Crippen molar-refractivity contribution in [3.8, 4) is 0 Å². The predicted molar refractivity (Wildman–Crippen MR) is 84.2 cm³/mol. The fourth-order valence-electron chi connectivity index (χ4n) is 1.90. The van der Waals surface area contributed by atoms with Crippen molar-refractivity contribution in [1.82, 2.24) is 5.32 Å². The van der Waals surface area contributed by atoms with E-state index >= 15 is 0 Å². The van der Waals surface area contributed by atoms with E-state index in [1.807, 2.05) is 0 Å². The molecular weight excluding hydrogens is 254 g/mol. The van der Waals surface area contributed by atoms with Gasteiger partial charge < -0.3 is 19.5 Å². The molecular formula is C16H35NO3. The summed E-state index contributed by atoms with van der Waals surface area (Å²) in [4.78, 5) is 0. The molecule has 1 atom stereocenters. The van der Waals surface area contributed by atoms with Crippen LogP contribution in [0, 0.1) is 11.3 Å². The molecule has 1 unspecified atom stereocenters.